The summed E-state index contributed by atoms with van der Waals surface area (Å²) in [5, 5.41) is 2.87. The average Bonchev–Trinajstić information content (AvgIpc) is 3.05. The molecular formula is C18H18N4O2. The van der Waals surface area contributed by atoms with Gasteiger partial charge >= 0.3 is 0 Å². The van der Waals surface area contributed by atoms with E-state index in [0.717, 1.165) is 25.9 Å². The molecule has 2 aliphatic heterocycles. The van der Waals surface area contributed by atoms with Crippen molar-refractivity contribution < 1.29 is 9.59 Å². The summed E-state index contributed by atoms with van der Waals surface area (Å²) in [6.45, 7) is 2.21. The molecule has 122 valence electrons. The molecule has 0 atom stereocenters. The number of benzene rings is 1. The monoisotopic (exact) mass is 322 g/mol. The highest BCUT2D eigenvalue weighted by Crippen LogP contribution is 2.36. The number of para-hydroxylation sites is 2. The van der Waals surface area contributed by atoms with Gasteiger partial charge in [0, 0.05) is 6.20 Å². The Morgan fingerprint density at radius 1 is 1.12 bits per heavy atom. The number of anilines is 3. The summed E-state index contributed by atoms with van der Waals surface area (Å²) in [5.74, 6) is 0.0759. The van der Waals surface area contributed by atoms with E-state index >= 15 is 0 Å². The van der Waals surface area contributed by atoms with Gasteiger partial charge in [-0.05, 0) is 50.2 Å². The second-order valence-electron chi connectivity index (χ2n) is 6.06. The van der Waals surface area contributed by atoms with Crippen molar-refractivity contribution in [1.29, 1.82) is 0 Å². The predicted octanol–water partition coefficient (Wildman–Crippen LogP) is 2.41. The number of fused-ring (bicyclic) bond motifs is 2. The summed E-state index contributed by atoms with van der Waals surface area (Å²) in [7, 11) is 0. The van der Waals surface area contributed by atoms with Crippen LogP contribution in [0.5, 0.6) is 0 Å². The Balaban J connectivity index is 1.80. The van der Waals surface area contributed by atoms with Gasteiger partial charge in [0.1, 0.15) is 0 Å². The summed E-state index contributed by atoms with van der Waals surface area (Å²) in [6.07, 6.45) is 3.85. The first kappa shape index (κ1) is 14.8. The van der Waals surface area contributed by atoms with Crippen molar-refractivity contribution in [2.24, 2.45) is 0 Å². The van der Waals surface area contributed by atoms with Crippen LogP contribution < -0.4 is 10.2 Å². The maximum absolute atomic E-state index is 13.0. The number of carbonyl (C=O) groups is 2. The summed E-state index contributed by atoms with van der Waals surface area (Å²) in [4.78, 5) is 33.6. The van der Waals surface area contributed by atoms with E-state index in [1.807, 2.05) is 18.2 Å². The molecule has 2 aliphatic rings. The number of pyridine rings is 1. The van der Waals surface area contributed by atoms with Crippen LogP contribution in [0.15, 0.2) is 42.6 Å². The normalized spacial score (nSPS) is 17.0. The largest absolute Gasteiger partial charge is 0.320 e. The smallest absolute Gasteiger partial charge is 0.259 e. The number of hydrogen-bond donors (Lipinski definition) is 1. The van der Waals surface area contributed by atoms with E-state index in [1.165, 1.54) is 0 Å². The number of likely N-dealkylation sites (tertiary alicyclic amines) is 1. The van der Waals surface area contributed by atoms with Crippen LogP contribution in [0, 0.1) is 0 Å². The third-order valence-corrected chi connectivity index (χ3v) is 4.44. The summed E-state index contributed by atoms with van der Waals surface area (Å²) in [6, 6.07) is 10.7. The molecule has 0 bridgehead atoms. The molecule has 3 heterocycles. The van der Waals surface area contributed by atoms with Crippen LogP contribution in [0.1, 0.15) is 23.2 Å². The van der Waals surface area contributed by atoms with Crippen LogP contribution >= 0.6 is 0 Å². The van der Waals surface area contributed by atoms with E-state index < -0.39 is 0 Å². The maximum atomic E-state index is 13.0. The fourth-order valence-corrected chi connectivity index (χ4v) is 3.29. The molecule has 2 aromatic rings. The van der Waals surface area contributed by atoms with Gasteiger partial charge in [-0.15, -0.1) is 0 Å². The standard InChI is InChI=1S/C18H18N4O2/c23-16(12-21-10-3-4-11-21)22-15-8-2-1-7-14(15)20-18(24)13-6-5-9-19-17(13)22/h1-2,5-9H,3-4,10-12H2,(H,20,24). The third kappa shape index (κ3) is 2.55. The zero-order valence-electron chi connectivity index (χ0n) is 13.2. The van der Waals surface area contributed by atoms with Crippen molar-refractivity contribution in [3.05, 3.63) is 48.2 Å². The Morgan fingerprint density at radius 3 is 2.75 bits per heavy atom. The van der Waals surface area contributed by atoms with Gasteiger partial charge < -0.3 is 5.32 Å². The molecular weight excluding hydrogens is 304 g/mol. The lowest BCUT2D eigenvalue weighted by Gasteiger charge is -2.25. The van der Waals surface area contributed by atoms with Gasteiger partial charge in [0.05, 0.1) is 23.5 Å². The molecule has 1 aromatic heterocycles. The van der Waals surface area contributed by atoms with Gasteiger partial charge in [-0.3, -0.25) is 19.4 Å². The Labute approximate surface area is 140 Å². The minimum absolute atomic E-state index is 0.0687. The van der Waals surface area contributed by atoms with Crippen molar-refractivity contribution in [3.63, 3.8) is 0 Å². The Kier molecular flexibility index (Phi) is 3.74. The fourth-order valence-electron chi connectivity index (χ4n) is 3.29. The second kappa shape index (κ2) is 6.05. The minimum atomic E-state index is -0.248. The van der Waals surface area contributed by atoms with E-state index in [0.29, 0.717) is 29.3 Å². The van der Waals surface area contributed by atoms with Gasteiger partial charge in [-0.1, -0.05) is 12.1 Å². The van der Waals surface area contributed by atoms with Gasteiger partial charge in [-0.2, -0.15) is 0 Å². The van der Waals surface area contributed by atoms with E-state index in [2.05, 4.69) is 15.2 Å². The van der Waals surface area contributed by atoms with Crippen molar-refractivity contribution in [2.45, 2.75) is 12.8 Å². The number of nitrogens with zero attached hydrogens (tertiary/aromatic N) is 3. The van der Waals surface area contributed by atoms with Crippen LogP contribution in [0.3, 0.4) is 0 Å². The third-order valence-electron chi connectivity index (χ3n) is 4.44. The lowest BCUT2D eigenvalue weighted by Crippen LogP contribution is -2.37. The fraction of sp³-hybridized carbons (Fsp3) is 0.278. The predicted molar refractivity (Wildman–Crippen MR) is 91.5 cm³/mol. The lowest BCUT2D eigenvalue weighted by molar-refractivity contribution is -0.118. The SMILES string of the molecule is O=C1Nc2ccccc2N(C(=O)CN2CCCC2)c2ncccc21. The molecule has 1 fully saturated rings. The van der Waals surface area contributed by atoms with E-state index in [9.17, 15) is 9.59 Å². The van der Waals surface area contributed by atoms with Gasteiger partial charge in [-0.25, -0.2) is 4.98 Å². The zero-order valence-corrected chi connectivity index (χ0v) is 13.2. The van der Waals surface area contributed by atoms with Crippen LogP contribution in [-0.4, -0.2) is 41.3 Å². The number of rotatable bonds is 2. The van der Waals surface area contributed by atoms with E-state index in [1.54, 1.807) is 29.3 Å². The molecule has 1 aromatic carbocycles. The van der Waals surface area contributed by atoms with Gasteiger partial charge in [0.2, 0.25) is 5.91 Å². The zero-order chi connectivity index (χ0) is 16.5. The molecule has 4 rings (SSSR count). The number of aromatic nitrogens is 1. The quantitative estimate of drug-likeness (QED) is 0.922. The first-order valence-electron chi connectivity index (χ1n) is 8.15. The van der Waals surface area contributed by atoms with Gasteiger partial charge in [0.15, 0.2) is 5.82 Å². The molecule has 24 heavy (non-hydrogen) atoms. The minimum Gasteiger partial charge on any atom is -0.320 e. The topological polar surface area (TPSA) is 65.5 Å². The Hall–Kier alpha value is -2.73. The van der Waals surface area contributed by atoms with Crippen molar-refractivity contribution in [2.75, 3.05) is 29.9 Å². The van der Waals surface area contributed by atoms with E-state index in [-0.39, 0.29) is 11.8 Å². The van der Waals surface area contributed by atoms with Crippen LogP contribution in [0.4, 0.5) is 17.2 Å². The molecule has 2 amide bonds. The lowest BCUT2D eigenvalue weighted by atomic mass is 10.2. The highest BCUT2D eigenvalue weighted by Gasteiger charge is 2.31. The maximum Gasteiger partial charge on any atom is 0.259 e. The first-order valence-corrected chi connectivity index (χ1v) is 8.15. The number of amides is 2. The van der Waals surface area contributed by atoms with Crippen LogP contribution in [-0.2, 0) is 4.79 Å². The molecule has 0 unspecified atom stereocenters. The van der Waals surface area contributed by atoms with E-state index in [4.69, 9.17) is 0 Å². The summed E-state index contributed by atoms with van der Waals surface area (Å²) in [5.41, 5.74) is 1.69. The first-order chi connectivity index (χ1) is 11.7. The summed E-state index contributed by atoms with van der Waals surface area (Å²) >= 11 is 0. The molecule has 6 heteroatoms. The highest BCUT2D eigenvalue weighted by atomic mass is 16.2. The van der Waals surface area contributed by atoms with Crippen LogP contribution in [0.25, 0.3) is 0 Å². The second-order valence-corrected chi connectivity index (χ2v) is 6.06. The average molecular weight is 322 g/mol. The Bertz CT molecular complexity index is 799. The van der Waals surface area contributed by atoms with Crippen molar-refractivity contribution in [3.8, 4) is 0 Å². The van der Waals surface area contributed by atoms with Crippen molar-refractivity contribution in [1.82, 2.24) is 9.88 Å². The van der Waals surface area contributed by atoms with Crippen molar-refractivity contribution >= 4 is 29.0 Å². The van der Waals surface area contributed by atoms with Crippen LogP contribution in [0.2, 0.25) is 0 Å². The number of hydrogen-bond acceptors (Lipinski definition) is 4. The number of nitrogens with one attached hydrogen (secondary N) is 1. The highest BCUT2D eigenvalue weighted by molar-refractivity contribution is 6.17. The summed E-state index contributed by atoms with van der Waals surface area (Å²) < 4.78 is 0. The Morgan fingerprint density at radius 2 is 1.92 bits per heavy atom. The molecule has 1 N–H and O–H groups in total. The van der Waals surface area contributed by atoms with Gasteiger partial charge in [0.25, 0.3) is 5.91 Å². The molecule has 0 spiro atoms. The molecule has 6 nitrogen and oxygen atoms in total. The molecule has 0 aliphatic carbocycles. The molecule has 0 saturated carbocycles. The molecule has 1 saturated heterocycles. The number of carbonyl (C=O) groups excluding carboxylic acids is 2. The molecule has 0 radical (unpaired) electrons.